The molecule has 0 aliphatic carbocycles. The lowest BCUT2D eigenvalue weighted by atomic mass is 10.2. The maximum atomic E-state index is 11.8. The van der Waals surface area contributed by atoms with E-state index in [9.17, 15) is 9.90 Å². The predicted molar refractivity (Wildman–Crippen MR) is 67.0 cm³/mol. The van der Waals surface area contributed by atoms with Gasteiger partial charge in [0, 0.05) is 16.3 Å². The smallest absolute Gasteiger partial charge is 0.252 e. The maximum absolute atomic E-state index is 11.8. The monoisotopic (exact) mass is 241 g/mol. The molecule has 0 radical (unpaired) electrons. The number of aryl methyl sites for hydroxylation is 2. The Morgan fingerprint density at radius 1 is 1.56 bits per heavy atom. The first-order valence-electron chi connectivity index (χ1n) is 5.58. The number of thiophene rings is 1. The largest absolute Gasteiger partial charge is 0.391 e. The summed E-state index contributed by atoms with van der Waals surface area (Å²) < 4.78 is 0. The molecule has 0 fully saturated rings. The molecule has 1 amide bonds. The van der Waals surface area contributed by atoms with E-state index in [2.05, 4.69) is 5.32 Å². The first-order valence-corrected chi connectivity index (χ1v) is 6.39. The van der Waals surface area contributed by atoms with Gasteiger partial charge in [-0.05, 0) is 26.3 Å². The summed E-state index contributed by atoms with van der Waals surface area (Å²) in [4.78, 5) is 13.9. The Morgan fingerprint density at radius 3 is 2.75 bits per heavy atom. The van der Waals surface area contributed by atoms with Gasteiger partial charge < -0.3 is 10.4 Å². The van der Waals surface area contributed by atoms with E-state index in [0.717, 1.165) is 28.2 Å². The number of hydrogen-bond acceptors (Lipinski definition) is 3. The fourth-order valence-electron chi connectivity index (χ4n) is 1.60. The summed E-state index contributed by atoms with van der Waals surface area (Å²) in [5, 5.41) is 12.3. The minimum absolute atomic E-state index is 0.0861. The number of nitrogens with one attached hydrogen (secondary N) is 1. The number of rotatable bonds is 5. The second kappa shape index (κ2) is 6.01. The number of amides is 1. The van der Waals surface area contributed by atoms with E-state index in [1.165, 1.54) is 0 Å². The van der Waals surface area contributed by atoms with Crippen LogP contribution in [0, 0.1) is 13.8 Å². The van der Waals surface area contributed by atoms with Gasteiger partial charge in [-0.1, -0.05) is 13.3 Å². The second-order valence-corrected chi connectivity index (χ2v) is 5.44. The van der Waals surface area contributed by atoms with Crippen molar-refractivity contribution in [2.45, 2.75) is 39.7 Å². The van der Waals surface area contributed by atoms with Gasteiger partial charge >= 0.3 is 0 Å². The highest BCUT2D eigenvalue weighted by molar-refractivity contribution is 7.12. The van der Waals surface area contributed by atoms with Crippen LogP contribution in [0.1, 0.15) is 39.9 Å². The highest BCUT2D eigenvalue weighted by atomic mass is 32.1. The van der Waals surface area contributed by atoms with Crippen molar-refractivity contribution >= 4 is 17.2 Å². The third-order valence-electron chi connectivity index (χ3n) is 2.41. The Labute approximate surface area is 100 Å². The predicted octanol–water partition coefficient (Wildman–Crippen LogP) is 2.26. The van der Waals surface area contributed by atoms with Crippen molar-refractivity contribution in [3.05, 3.63) is 21.4 Å². The van der Waals surface area contributed by atoms with E-state index in [-0.39, 0.29) is 5.91 Å². The minimum Gasteiger partial charge on any atom is -0.391 e. The van der Waals surface area contributed by atoms with Gasteiger partial charge in [0.2, 0.25) is 0 Å². The fraction of sp³-hybridized carbons (Fsp3) is 0.583. The average Bonchev–Trinajstić information content (AvgIpc) is 2.55. The van der Waals surface area contributed by atoms with Gasteiger partial charge in [0.1, 0.15) is 0 Å². The van der Waals surface area contributed by atoms with Crippen LogP contribution in [0.4, 0.5) is 0 Å². The van der Waals surface area contributed by atoms with Crippen molar-refractivity contribution in [2.24, 2.45) is 0 Å². The van der Waals surface area contributed by atoms with Crippen molar-refractivity contribution in [3.8, 4) is 0 Å². The van der Waals surface area contributed by atoms with Gasteiger partial charge in [0.15, 0.2) is 0 Å². The topological polar surface area (TPSA) is 49.3 Å². The summed E-state index contributed by atoms with van der Waals surface area (Å²) in [7, 11) is 0. The molecule has 90 valence electrons. The molecule has 1 atom stereocenters. The van der Waals surface area contributed by atoms with Gasteiger partial charge in [-0.25, -0.2) is 0 Å². The minimum atomic E-state index is -0.436. The summed E-state index contributed by atoms with van der Waals surface area (Å²) in [6, 6.07) is 1.89. The molecule has 3 nitrogen and oxygen atoms in total. The number of aliphatic hydroxyl groups excluding tert-OH is 1. The molecule has 1 rings (SSSR count). The molecule has 2 N–H and O–H groups in total. The highest BCUT2D eigenvalue weighted by Gasteiger charge is 2.12. The van der Waals surface area contributed by atoms with Crippen LogP contribution in [-0.4, -0.2) is 23.7 Å². The maximum Gasteiger partial charge on any atom is 0.252 e. The van der Waals surface area contributed by atoms with Crippen molar-refractivity contribution in [2.75, 3.05) is 6.54 Å². The SMILES string of the molecule is CCCC(O)CNC(=O)c1cc(C)sc1C. The summed E-state index contributed by atoms with van der Waals surface area (Å²) in [6.07, 6.45) is 1.21. The van der Waals surface area contributed by atoms with Crippen LogP contribution >= 0.6 is 11.3 Å². The summed E-state index contributed by atoms with van der Waals surface area (Å²) in [5.74, 6) is -0.0861. The molecule has 1 aromatic heterocycles. The molecule has 0 saturated carbocycles. The van der Waals surface area contributed by atoms with Gasteiger partial charge in [0.05, 0.1) is 11.7 Å². The Morgan fingerprint density at radius 2 is 2.25 bits per heavy atom. The lowest BCUT2D eigenvalue weighted by Gasteiger charge is -2.10. The normalized spacial score (nSPS) is 12.5. The molecule has 0 aliphatic rings. The number of carbonyl (C=O) groups excluding carboxylic acids is 1. The Kier molecular flexibility index (Phi) is 4.96. The van der Waals surface area contributed by atoms with Crippen LogP contribution in [0.2, 0.25) is 0 Å². The molecule has 0 bridgehead atoms. The van der Waals surface area contributed by atoms with Crippen LogP contribution < -0.4 is 5.32 Å². The molecular weight excluding hydrogens is 222 g/mol. The molecular formula is C12H19NO2S. The van der Waals surface area contributed by atoms with E-state index in [4.69, 9.17) is 0 Å². The molecule has 0 saturated heterocycles. The van der Waals surface area contributed by atoms with E-state index in [0.29, 0.717) is 6.54 Å². The van der Waals surface area contributed by atoms with Gasteiger partial charge in [-0.2, -0.15) is 0 Å². The van der Waals surface area contributed by atoms with Gasteiger partial charge in [0.25, 0.3) is 5.91 Å². The van der Waals surface area contributed by atoms with E-state index in [1.807, 2.05) is 26.8 Å². The summed E-state index contributed by atoms with van der Waals surface area (Å²) in [5.41, 5.74) is 0.728. The molecule has 0 aromatic carbocycles. The third-order valence-corrected chi connectivity index (χ3v) is 3.37. The van der Waals surface area contributed by atoms with Crippen LogP contribution in [-0.2, 0) is 0 Å². The van der Waals surface area contributed by atoms with Crippen LogP contribution in [0.15, 0.2) is 6.07 Å². The zero-order valence-electron chi connectivity index (χ0n) is 10.0. The van der Waals surface area contributed by atoms with E-state index in [1.54, 1.807) is 11.3 Å². The standard InChI is InChI=1S/C12H19NO2S/c1-4-5-10(14)7-13-12(15)11-6-8(2)16-9(11)3/h6,10,14H,4-5,7H2,1-3H3,(H,13,15). The van der Waals surface area contributed by atoms with Crippen molar-refractivity contribution in [1.29, 1.82) is 0 Å². The number of aliphatic hydroxyl groups is 1. The van der Waals surface area contributed by atoms with Crippen molar-refractivity contribution < 1.29 is 9.90 Å². The molecule has 0 aliphatic heterocycles. The third kappa shape index (κ3) is 3.61. The number of hydrogen-bond donors (Lipinski definition) is 2. The van der Waals surface area contributed by atoms with Crippen LogP contribution in [0.5, 0.6) is 0 Å². The fourth-order valence-corrected chi connectivity index (χ4v) is 2.52. The molecule has 4 heteroatoms. The van der Waals surface area contributed by atoms with E-state index < -0.39 is 6.10 Å². The van der Waals surface area contributed by atoms with Crippen molar-refractivity contribution in [3.63, 3.8) is 0 Å². The Bertz CT molecular complexity index is 360. The zero-order chi connectivity index (χ0) is 12.1. The average molecular weight is 241 g/mol. The summed E-state index contributed by atoms with van der Waals surface area (Å²) >= 11 is 1.62. The summed E-state index contributed by atoms with van der Waals surface area (Å²) in [6.45, 7) is 6.27. The van der Waals surface area contributed by atoms with Crippen LogP contribution in [0.25, 0.3) is 0 Å². The van der Waals surface area contributed by atoms with E-state index >= 15 is 0 Å². The lowest BCUT2D eigenvalue weighted by Crippen LogP contribution is -2.32. The molecule has 16 heavy (non-hydrogen) atoms. The lowest BCUT2D eigenvalue weighted by molar-refractivity contribution is 0.0910. The Hall–Kier alpha value is -0.870. The molecule has 1 unspecified atom stereocenters. The first-order chi connectivity index (χ1) is 7.54. The highest BCUT2D eigenvalue weighted by Crippen LogP contribution is 2.20. The molecule has 1 heterocycles. The first kappa shape index (κ1) is 13.2. The van der Waals surface area contributed by atoms with Gasteiger partial charge in [-0.3, -0.25) is 4.79 Å². The van der Waals surface area contributed by atoms with Crippen LogP contribution in [0.3, 0.4) is 0 Å². The second-order valence-electron chi connectivity index (χ2n) is 3.98. The van der Waals surface area contributed by atoms with Crippen molar-refractivity contribution in [1.82, 2.24) is 5.32 Å². The molecule has 0 spiro atoms. The molecule has 1 aromatic rings. The zero-order valence-corrected chi connectivity index (χ0v) is 10.9. The van der Waals surface area contributed by atoms with Gasteiger partial charge in [-0.15, -0.1) is 11.3 Å². The quantitative estimate of drug-likeness (QED) is 0.830. The Balaban J connectivity index is 2.50. The number of carbonyl (C=O) groups is 1.